The fourth-order valence-electron chi connectivity index (χ4n) is 4.20. The molecule has 0 radical (unpaired) electrons. The summed E-state index contributed by atoms with van der Waals surface area (Å²) in [7, 11) is 0. The number of rotatable bonds is 3. The molecule has 144 valence electrons. The molecule has 0 N–H and O–H groups in total. The summed E-state index contributed by atoms with van der Waals surface area (Å²) in [6, 6.07) is 23.2. The third kappa shape index (κ3) is 3.58. The van der Waals surface area contributed by atoms with E-state index in [1.807, 2.05) is 42.6 Å². The van der Waals surface area contributed by atoms with E-state index < -0.39 is 0 Å². The largest absolute Gasteiger partial charge is 0.370 e. The van der Waals surface area contributed by atoms with Crippen molar-refractivity contribution in [1.82, 2.24) is 9.97 Å². The van der Waals surface area contributed by atoms with Gasteiger partial charge in [-0.3, -0.25) is 4.98 Å². The Hall–Kier alpha value is -3.27. The molecular weight excluding hydrogens is 361 g/mol. The Kier molecular flexibility index (Phi) is 4.68. The van der Waals surface area contributed by atoms with Crippen LogP contribution in [0.25, 0.3) is 22.2 Å². The van der Waals surface area contributed by atoms with Crippen LogP contribution >= 0.6 is 0 Å². The lowest BCUT2D eigenvalue weighted by Crippen LogP contribution is -2.33. The maximum atomic E-state index is 13.5. The van der Waals surface area contributed by atoms with Gasteiger partial charge < -0.3 is 4.90 Å². The molecule has 1 fully saturated rings. The first-order valence-electron chi connectivity index (χ1n) is 10.1. The van der Waals surface area contributed by atoms with Crippen molar-refractivity contribution in [1.29, 1.82) is 0 Å². The monoisotopic (exact) mass is 383 g/mol. The lowest BCUT2D eigenvalue weighted by molar-refractivity contribution is 0.496. The molecule has 4 heteroatoms. The van der Waals surface area contributed by atoms with Crippen molar-refractivity contribution in [3.05, 3.63) is 90.5 Å². The van der Waals surface area contributed by atoms with E-state index in [2.05, 4.69) is 34.1 Å². The van der Waals surface area contributed by atoms with E-state index in [4.69, 9.17) is 4.98 Å². The van der Waals surface area contributed by atoms with Crippen molar-refractivity contribution < 1.29 is 4.39 Å². The Labute approximate surface area is 169 Å². The van der Waals surface area contributed by atoms with Gasteiger partial charge >= 0.3 is 0 Å². The van der Waals surface area contributed by atoms with Crippen LogP contribution in [0.3, 0.4) is 0 Å². The number of halogens is 1. The maximum Gasteiger partial charge on any atom is 0.123 e. The summed E-state index contributed by atoms with van der Waals surface area (Å²) < 4.78 is 13.5. The highest BCUT2D eigenvalue weighted by Crippen LogP contribution is 2.36. The van der Waals surface area contributed by atoms with Gasteiger partial charge in [-0.15, -0.1) is 0 Å². The molecule has 0 unspecified atom stereocenters. The lowest BCUT2D eigenvalue weighted by atomic mass is 9.92. The van der Waals surface area contributed by atoms with Gasteiger partial charge in [0.15, 0.2) is 0 Å². The average Bonchev–Trinajstić information content (AvgIpc) is 2.79. The second-order valence-corrected chi connectivity index (χ2v) is 7.57. The number of anilines is 1. The van der Waals surface area contributed by atoms with Crippen LogP contribution in [0.2, 0.25) is 0 Å². The molecular formula is C25H22FN3. The van der Waals surface area contributed by atoms with Crippen LogP contribution in [0.4, 0.5) is 10.1 Å². The minimum atomic E-state index is -0.229. The van der Waals surface area contributed by atoms with Gasteiger partial charge in [0.2, 0.25) is 0 Å². The number of aromatic nitrogens is 2. The van der Waals surface area contributed by atoms with E-state index >= 15 is 0 Å². The number of benzene rings is 2. The minimum Gasteiger partial charge on any atom is -0.370 e. The Morgan fingerprint density at radius 2 is 1.62 bits per heavy atom. The SMILES string of the molecule is Fc1ccc(-c2nc3ccccc3cc2N2CCC(c3ccccn3)CC2)cc1. The minimum absolute atomic E-state index is 0.229. The normalized spacial score (nSPS) is 15.0. The van der Waals surface area contributed by atoms with E-state index in [1.54, 1.807) is 0 Å². The summed E-state index contributed by atoms with van der Waals surface area (Å²) in [5, 5.41) is 1.13. The molecule has 0 atom stereocenters. The van der Waals surface area contributed by atoms with Crippen LogP contribution in [0, 0.1) is 5.82 Å². The van der Waals surface area contributed by atoms with Crippen molar-refractivity contribution in [3.63, 3.8) is 0 Å². The van der Waals surface area contributed by atoms with Gasteiger partial charge in [0.25, 0.3) is 0 Å². The van der Waals surface area contributed by atoms with Gasteiger partial charge in [0, 0.05) is 41.8 Å². The summed E-state index contributed by atoms with van der Waals surface area (Å²) in [5.41, 5.74) is 5.12. The zero-order valence-electron chi connectivity index (χ0n) is 16.1. The van der Waals surface area contributed by atoms with E-state index in [-0.39, 0.29) is 5.82 Å². The standard InChI is InChI=1S/C25H22FN3/c26-21-10-8-19(9-11-21)25-24(17-20-5-1-2-7-23(20)28-25)29-15-12-18(13-16-29)22-6-3-4-14-27-22/h1-11,14,17-18H,12-13,15-16H2. The second kappa shape index (κ2) is 7.63. The molecule has 1 aliphatic heterocycles. The maximum absolute atomic E-state index is 13.5. The number of pyridine rings is 2. The van der Waals surface area contributed by atoms with Crippen LogP contribution in [0.5, 0.6) is 0 Å². The van der Waals surface area contributed by atoms with Crippen LogP contribution < -0.4 is 4.90 Å². The fraction of sp³-hybridized carbons (Fsp3) is 0.200. The highest BCUT2D eigenvalue weighted by Gasteiger charge is 2.24. The van der Waals surface area contributed by atoms with Crippen LogP contribution in [-0.2, 0) is 0 Å². The molecule has 0 spiro atoms. The van der Waals surface area contributed by atoms with Crippen molar-refractivity contribution in [2.45, 2.75) is 18.8 Å². The average molecular weight is 383 g/mol. The highest BCUT2D eigenvalue weighted by atomic mass is 19.1. The van der Waals surface area contributed by atoms with Crippen LogP contribution in [-0.4, -0.2) is 23.1 Å². The van der Waals surface area contributed by atoms with Gasteiger partial charge in [-0.25, -0.2) is 9.37 Å². The summed E-state index contributed by atoms with van der Waals surface area (Å²) in [5.74, 6) is 0.266. The van der Waals surface area contributed by atoms with Crippen molar-refractivity contribution in [2.75, 3.05) is 18.0 Å². The Bertz CT molecular complexity index is 1120. The zero-order chi connectivity index (χ0) is 19.6. The highest BCUT2D eigenvalue weighted by molar-refractivity contribution is 5.89. The Morgan fingerprint density at radius 3 is 2.38 bits per heavy atom. The quantitative estimate of drug-likeness (QED) is 0.446. The first-order valence-corrected chi connectivity index (χ1v) is 10.1. The first-order chi connectivity index (χ1) is 14.3. The molecule has 3 heterocycles. The first kappa shape index (κ1) is 17.8. The molecule has 0 bridgehead atoms. The molecule has 5 rings (SSSR count). The topological polar surface area (TPSA) is 29.0 Å². The summed E-state index contributed by atoms with van der Waals surface area (Å²) in [6.07, 6.45) is 4.00. The molecule has 1 aliphatic rings. The van der Waals surface area contributed by atoms with Gasteiger partial charge in [0.05, 0.1) is 16.9 Å². The summed E-state index contributed by atoms with van der Waals surface area (Å²) in [4.78, 5) is 11.9. The van der Waals surface area contributed by atoms with E-state index in [0.29, 0.717) is 5.92 Å². The smallest absolute Gasteiger partial charge is 0.123 e. The molecule has 2 aromatic carbocycles. The summed E-state index contributed by atoms with van der Waals surface area (Å²) >= 11 is 0. The van der Waals surface area contributed by atoms with Gasteiger partial charge in [-0.05, 0) is 61.4 Å². The van der Waals surface area contributed by atoms with E-state index in [1.165, 1.54) is 17.8 Å². The number of piperidine rings is 1. The molecule has 0 aliphatic carbocycles. The third-order valence-electron chi connectivity index (χ3n) is 5.76. The van der Waals surface area contributed by atoms with Gasteiger partial charge in [0.1, 0.15) is 5.82 Å². The van der Waals surface area contributed by atoms with Crippen LogP contribution in [0.15, 0.2) is 79.0 Å². The number of para-hydroxylation sites is 1. The van der Waals surface area contributed by atoms with Crippen LogP contribution in [0.1, 0.15) is 24.5 Å². The molecule has 1 saturated heterocycles. The zero-order valence-corrected chi connectivity index (χ0v) is 16.1. The third-order valence-corrected chi connectivity index (χ3v) is 5.76. The molecule has 0 saturated carbocycles. The van der Waals surface area contributed by atoms with Crippen molar-refractivity contribution in [2.24, 2.45) is 0 Å². The number of hydrogen-bond donors (Lipinski definition) is 0. The number of nitrogens with zero attached hydrogens (tertiary/aromatic N) is 3. The van der Waals surface area contributed by atoms with Crippen molar-refractivity contribution >= 4 is 16.6 Å². The predicted molar refractivity (Wildman–Crippen MR) is 116 cm³/mol. The molecule has 0 amide bonds. The molecule has 4 aromatic rings. The molecule has 3 nitrogen and oxygen atoms in total. The summed E-state index contributed by atoms with van der Waals surface area (Å²) in [6.45, 7) is 1.91. The van der Waals surface area contributed by atoms with Gasteiger partial charge in [-0.1, -0.05) is 24.3 Å². The van der Waals surface area contributed by atoms with E-state index in [9.17, 15) is 4.39 Å². The predicted octanol–water partition coefficient (Wildman–Crippen LogP) is 5.82. The molecule has 2 aromatic heterocycles. The number of hydrogen-bond acceptors (Lipinski definition) is 3. The van der Waals surface area contributed by atoms with E-state index in [0.717, 1.165) is 53.8 Å². The fourth-order valence-corrected chi connectivity index (χ4v) is 4.20. The Balaban J connectivity index is 1.50. The lowest BCUT2D eigenvalue weighted by Gasteiger charge is -2.34. The second-order valence-electron chi connectivity index (χ2n) is 7.57. The van der Waals surface area contributed by atoms with Gasteiger partial charge in [-0.2, -0.15) is 0 Å². The molecule has 29 heavy (non-hydrogen) atoms. The van der Waals surface area contributed by atoms with Crippen molar-refractivity contribution in [3.8, 4) is 11.3 Å². The number of fused-ring (bicyclic) bond motifs is 1. The Morgan fingerprint density at radius 1 is 0.862 bits per heavy atom.